The molecule has 0 aliphatic rings. The van der Waals surface area contributed by atoms with Crippen LogP contribution in [-0.4, -0.2) is 23.3 Å². The van der Waals surface area contributed by atoms with Gasteiger partial charge in [0.25, 0.3) is 0 Å². The molecule has 126 valence electrons. The maximum absolute atomic E-state index is 12.3. The Hall–Kier alpha value is -2.39. The van der Waals surface area contributed by atoms with Crippen LogP contribution in [0.2, 0.25) is 0 Å². The lowest BCUT2D eigenvalue weighted by atomic mass is 10.0. The van der Waals surface area contributed by atoms with Gasteiger partial charge in [0.1, 0.15) is 6.10 Å². The van der Waals surface area contributed by atoms with Crippen molar-refractivity contribution in [1.29, 1.82) is 0 Å². The van der Waals surface area contributed by atoms with Gasteiger partial charge in [-0.2, -0.15) is 0 Å². The minimum Gasteiger partial charge on any atom is -0.455 e. The predicted octanol–water partition coefficient (Wildman–Crippen LogP) is 4.48. The Morgan fingerprint density at radius 3 is 2.08 bits per heavy atom. The van der Waals surface area contributed by atoms with Crippen LogP contribution in [0.5, 0.6) is 0 Å². The summed E-state index contributed by atoms with van der Waals surface area (Å²) in [5, 5.41) is 9.54. The highest BCUT2D eigenvalue weighted by atomic mass is 16.5. The molecule has 0 aliphatic heterocycles. The Morgan fingerprint density at radius 2 is 1.54 bits per heavy atom. The molecule has 2 rings (SSSR count). The van der Waals surface area contributed by atoms with Crippen molar-refractivity contribution in [2.24, 2.45) is 0 Å². The molecule has 0 bridgehead atoms. The van der Waals surface area contributed by atoms with Crippen LogP contribution in [0.4, 0.5) is 0 Å². The monoisotopic (exact) mass is 324 g/mol. The number of carbonyl (C=O) groups excluding carboxylic acids is 1. The van der Waals surface area contributed by atoms with Crippen LogP contribution >= 0.6 is 0 Å². The maximum atomic E-state index is 12.3. The van der Waals surface area contributed by atoms with E-state index in [0.29, 0.717) is 18.4 Å². The molecule has 0 amide bonds. The average molecular weight is 324 g/mol. The molecule has 0 radical (unpaired) electrons. The lowest BCUT2D eigenvalue weighted by Gasteiger charge is -2.17. The predicted molar refractivity (Wildman–Crippen MR) is 96.7 cm³/mol. The molecule has 1 N–H and O–H groups in total. The van der Waals surface area contributed by atoms with Gasteiger partial charge < -0.3 is 9.84 Å². The number of rotatable bonds is 7. The van der Waals surface area contributed by atoms with E-state index in [0.717, 1.165) is 11.1 Å². The molecule has 3 nitrogen and oxygen atoms in total. The summed E-state index contributed by atoms with van der Waals surface area (Å²) in [7, 11) is 0. The van der Waals surface area contributed by atoms with Gasteiger partial charge in [-0.3, -0.25) is 0 Å². The molecule has 0 aliphatic carbocycles. The normalized spacial score (nSPS) is 14.0. The number of aliphatic hydroxyl groups is 1. The topological polar surface area (TPSA) is 46.5 Å². The van der Waals surface area contributed by atoms with Crippen LogP contribution in [-0.2, 0) is 4.74 Å². The highest BCUT2D eigenvalue weighted by Gasteiger charge is 2.15. The van der Waals surface area contributed by atoms with Crippen molar-refractivity contribution >= 4 is 11.5 Å². The van der Waals surface area contributed by atoms with Gasteiger partial charge in [-0.05, 0) is 56.0 Å². The highest BCUT2D eigenvalue weighted by Crippen LogP contribution is 2.18. The molecule has 3 heteroatoms. The molecule has 2 atom stereocenters. The highest BCUT2D eigenvalue weighted by molar-refractivity contribution is 5.89. The second kappa shape index (κ2) is 9.04. The van der Waals surface area contributed by atoms with Crippen molar-refractivity contribution < 1.29 is 14.6 Å². The number of hydrogen-bond acceptors (Lipinski definition) is 3. The zero-order valence-corrected chi connectivity index (χ0v) is 14.2. The smallest absolute Gasteiger partial charge is 0.338 e. The number of esters is 1. The number of aliphatic hydroxyl groups excluding tert-OH is 1. The van der Waals surface area contributed by atoms with E-state index >= 15 is 0 Å². The van der Waals surface area contributed by atoms with Crippen molar-refractivity contribution in [3.8, 4) is 0 Å². The van der Waals surface area contributed by atoms with Gasteiger partial charge in [0, 0.05) is 0 Å². The molecule has 0 fully saturated rings. The summed E-state index contributed by atoms with van der Waals surface area (Å²) in [5.74, 6) is -0.344. The van der Waals surface area contributed by atoms with Crippen molar-refractivity contribution in [2.75, 3.05) is 0 Å². The summed E-state index contributed by atoms with van der Waals surface area (Å²) in [5.41, 5.74) is 2.67. The number of allylic oxidation sites excluding steroid dienone is 1. The minimum absolute atomic E-state index is 0.344. The summed E-state index contributed by atoms with van der Waals surface area (Å²) < 4.78 is 5.65. The number of carbonyl (C=O) groups is 1. The molecule has 24 heavy (non-hydrogen) atoms. The summed E-state index contributed by atoms with van der Waals surface area (Å²) in [6.07, 6.45) is 2.32. The molecule has 0 aromatic heterocycles. The Labute approximate surface area is 143 Å². The third kappa shape index (κ3) is 5.67. The Kier molecular flexibility index (Phi) is 6.76. The van der Waals surface area contributed by atoms with E-state index in [4.69, 9.17) is 4.74 Å². The fourth-order valence-electron chi connectivity index (χ4n) is 2.44. The minimum atomic E-state index is -0.423. The Balaban J connectivity index is 2.13. The van der Waals surface area contributed by atoms with E-state index in [1.54, 1.807) is 19.1 Å². The third-order valence-corrected chi connectivity index (χ3v) is 3.80. The molecular formula is C21H24O3. The first-order valence-corrected chi connectivity index (χ1v) is 8.24. The fraction of sp³-hybridized carbons (Fsp3) is 0.286. The van der Waals surface area contributed by atoms with E-state index in [1.807, 2.05) is 61.5 Å². The summed E-state index contributed by atoms with van der Waals surface area (Å²) in [6, 6.07) is 18.9. The molecule has 0 saturated carbocycles. The van der Waals surface area contributed by atoms with E-state index in [-0.39, 0.29) is 12.1 Å². The molecule has 0 heterocycles. The van der Waals surface area contributed by atoms with Gasteiger partial charge in [-0.25, -0.2) is 4.79 Å². The SMILES string of the molecule is C/C(=C\C(CC[C@@H](C)O)OC(=O)c1ccccc1)c1ccccc1. The molecular weight excluding hydrogens is 300 g/mol. The molecule has 2 aromatic carbocycles. The number of hydrogen-bond donors (Lipinski definition) is 1. The first-order chi connectivity index (χ1) is 11.6. The van der Waals surface area contributed by atoms with Crippen LogP contribution in [0, 0.1) is 0 Å². The Bertz CT molecular complexity index is 660. The maximum Gasteiger partial charge on any atom is 0.338 e. The van der Waals surface area contributed by atoms with E-state index < -0.39 is 6.10 Å². The first-order valence-electron chi connectivity index (χ1n) is 8.24. The van der Waals surface area contributed by atoms with E-state index in [9.17, 15) is 9.90 Å². The van der Waals surface area contributed by atoms with Crippen molar-refractivity contribution in [3.63, 3.8) is 0 Å². The molecule has 1 unspecified atom stereocenters. The Morgan fingerprint density at radius 1 is 1.00 bits per heavy atom. The van der Waals surface area contributed by atoms with Gasteiger partial charge in [-0.15, -0.1) is 0 Å². The fourth-order valence-corrected chi connectivity index (χ4v) is 2.44. The average Bonchev–Trinajstić information content (AvgIpc) is 2.61. The number of benzene rings is 2. The number of ether oxygens (including phenoxy) is 1. The van der Waals surface area contributed by atoms with Crippen molar-refractivity contribution in [3.05, 3.63) is 77.9 Å². The summed E-state index contributed by atoms with van der Waals surface area (Å²) >= 11 is 0. The molecule has 2 aromatic rings. The zero-order valence-electron chi connectivity index (χ0n) is 14.2. The second-order valence-electron chi connectivity index (χ2n) is 5.95. The third-order valence-electron chi connectivity index (χ3n) is 3.80. The van der Waals surface area contributed by atoms with Gasteiger partial charge >= 0.3 is 5.97 Å². The van der Waals surface area contributed by atoms with E-state index in [2.05, 4.69) is 0 Å². The largest absolute Gasteiger partial charge is 0.455 e. The van der Waals surface area contributed by atoms with Crippen LogP contribution in [0.3, 0.4) is 0 Å². The van der Waals surface area contributed by atoms with Gasteiger partial charge in [0.05, 0.1) is 11.7 Å². The van der Waals surface area contributed by atoms with Crippen LogP contribution in [0.25, 0.3) is 5.57 Å². The zero-order chi connectivity index (χ0) is 17.4. The van der Waals surface area contributed by atoms with Crippen molar-refractivity contribution in [2.45, 2.75) is 38.9 Å². The molecule has 0 spiro atoms. The lowest BCUT2D eigenvalue weighted by Crippen LogP contribution is -2.18. The van der Waals surface area contributed by atoms with Gasteiger partial charge in [-0.1, -0.05) is 48.5 Å². The second-order valence-corrected chi connectivity index (χ2v) is 5.95. The van der Waals surface area contributed by atoms with Gasteiger partial charge in [0.2, 0.25) is 0 Å². The first kappa shape index (κ1) is 18.0. The van der Waals surface area contributed by atoms with Crippen LogP contribution in [0.15, 0.2) is 66.7 Å². The lowest BCUT2D eigenvalue weighted by molar-refractivity contribution is 0.0351. The summed E-state index contributed by atoms with van der Waals surface area (Å²) in [6.45, 7) is 3.74. The van der Waals surface area contributed by atoms with Crippen LogP contribution < -0.4 is 0 Å². The summed E-state index contributed by atoms with van der Waals surface area (Å²) in [4.78, 5) is 12.3. The van der Waals surface area contributed by atoms with E-state index in [1.165, 1.54) is 0 Å². The molecule has 0 saturated heterocycles. The quantitative estimate of drug-likeness (QED) is 0.764. The van der Waals surface area contributed by atoms with Crippen molar-refractivity contribution in [1.82, 2.24) is 0 Å². The van der Waals surface area contributed by atoms with Gasteiger partial charge in [0.15, 0.2) is 0 Å². The standard InChI is InChI=1S/C21H24O3/c1-16(18-9-5-3-6-10-18)15-20(14-13-17(2)22)24-21(23)19-11-7-4-8-12-19/h3-12,15,17,20,22H,13-14H2,1-2H3/b16-15+/t17-,20?/m1/s1. The van der Waals surface area contributed by atoms with Crippen LogP contribution in [0.1, 0.15) is 42.6 Å².